The molecule has 1 spiro atoms. The number of pyridine rings is 1. The Hall–Kier alpha value is -8.21. The van der Waals surface area contributed by atoms with Crippen molar-refractivity contribution in [3.63, 3.8) is 0 Å². The zero-order valence-corrected chi connectivity index (χ0v) is 33.5. The first-order valence-electron chi connectivity index (χ1n) is 21.1. The van der Waals surface area contributed by atoms with Crippen LogP contribution in [-0.2, 0) is 5.41 Å². The highest BCUT2D eigenvalue weighted by molar-refractivity contribution is 6.15. The summed E-state index contributed by atoms with van der Waals surface area (Å²) in [5.41, 5.74) is 15.8. The summed E-state index contributed by atoms with van der Waals surface area (Å²) in [7, 11) is 0. The van der Waals surface area contributed by atoms with E-state index >= 15 is 0 Å². The average molecular weight is 790 g/mol. The largest absolute Gasteiger partial charge is 0.456 e. The molecule has 62 heavy (non-hydrogen) atoms. The van der Waals surface area contributed by atoms with Crippen LogP contribution >= 0.6 is 0 Å². The molecule has 0 saturated carbocycles. The first-order chi connectivity index (χ1) is 30.7. The average Bonchev–Trinajstić information content (AvgIpc) is 3.64. The summed E-state index contributed by atoms with van der Waals surface area (Å²) >= 11 is 0. The standard InChI is InChI=1S/C58H35N3O/c1-2-15-38(16-3-1)57-60-51-27-12-7-22-44(51)54(61-57)37-31-29-36(30-32-37)39-17-14-18-40(35-39)55-45-33-34-49-56(53(45)43-21-6-11-26-50(43)59-55)62-52-28-13-10-25-48(52)58(49)46-23-8-4-19-41(46)42-20-5-9-24-47(42)58/h1-35H. The van der Waals surface area contributed by atoms with Gasteiger partial charge in [0.15, 0.2) is 5.82 Å². The molecule has 288 valence electrons. The Kier molecular flexibility index (Phi) is 7.49. The monoisotopic (exact) mass is 789 g/mol. The Labute approximate surface area is 358 Å². The molecule has 0 radical (unpaired) electrons. The van der Waals surface area contributed by atoms with Crippen LogP contribution in [0.1, 0.15) is 22.3 Å². The lowest BCUT2D eigenvalue weighted by Gasteiger charge is -2.40. The molecule has 0 saturated heterocycles. The molecule has 0 amide bonds. The molecule has 0 fully saturated rings. The first kappa shape index (κ1) is 34.6. The fourth-order valence-electron chi connectivity index (χ4n) is 10.2. The van der Waals surface area contributed by atoms with E-state index in [2.05, 4.69) is 182 Å². The lowest BCUT2D eigenvalue weighted by molar-refractivity contribution is 0.442. The molecule has 9 aromatic carbocycles. The van der Waals surface area contributed by atoms with Gasteiger partial charge in [-0.15, -0.1) is 0 Å². The van der Waals surface area contributed by atoms with E-state index in [4.69, 9.17) is 19.7 Å². The summed E-state index contributed by atoms with van der Waals surface area (Å²) in [6.07, 6.45) is 0. The van der Waals surface area contributed by atoms with Crippen molar-refractivity contribution < 1.29 is 4.74 Å². The predicted molar refractivity (Wildman–Crippen MR) is 251 cm³/mol. The van der Waals surface area contributed by atoms with Crippen molar-refractivity contribution >= 4 is 32.6 Å². The number of nitrogens with zero attached hydrogens (tertiary/aromatic N) is 3. The summed E-state index contributed by atoms with van der Waals surface area (Å²) in [5.74, 6) is 2.47. The third-order valence-corrected chi connectivity index (χ3v) is 12.9. The smallest absolute Gasteiger partial charge is 0.160 e. The number of benzene rings is 9. The fourth-order valence-corrected chi connectivity index (χ4v) is 10.2. The van der Waals surface area contributed by atoms with Crippen LogP contribution < -0.4 is 4.74 Å². The second kappa shape index (κ2) is 13.4. The lowest BCUT2D eigenvalue weighted by Crippen LogP contribution is -2.32. The summed E-state index contributed by atoms with van der Waals surface area (Å²) in [5, 5.41) is 4.21. The Morgan fingerprint density at radius 2 is 0.919 bits per heavy atom. The highest BCUT2D eigenvalue weighted by atomic mass is 16.5. The summed E-state index contributed by atoms with van der Waals surface area (Å²) in [6.45, 7) is 0. The molecule has 1 aliphatic carbocycles. The highest BCUT2D eigenvalue weighted by Gasteiger charge is 2.51. The van der Waals surface area contributed by atoms with Gasteiger partial charge in [0.2, 0.25) is 0 Å². The summed E-state index contributed by atoms with van der Waals surface area (Å²) < 4.78 is 7.17. The van der Waals surface area contributed by atoms with Gasteiger partial charge in [0.25, 0.3) is 0 Å². The van der Waals surface area contributed by atoms with Gasteiger partial charge in [0.1, 0.15) is 11.5 Å². The molecular weight excluding hydrogens is 755 g/mol. The molecule has 0 bridgehead atoms. The zero-order valence-electron chi connectivity index (χ0n) is 33.5. The molecule has 2 aliphatic rings. The Bertz CT molecular complexity index is 3570. The minimum Gasteiger partial charge on any atom is -0.456 e. The van der Waals surface area contributed by atoms with Crippen molar-refractivity contribution in [3.8, 4) is 67.7 Å². The maximum atomic E-state index is 7.17. The van der Waals surface area contributed by atoms with Gasteiger partial charge < -0.3 is 4.74 Å². The molecule has 3 heterocycles. The summed E-state index contributed by atoms with van der Waals surface area (Å²) in [6, 6.07) is 75.3. The molecule has 4 heteroatoms. The van der Waals surface area contributed by atoms with Crippen LogP contribution in [-0.4, -0.2) is 15.0 Å². The van der Waals surface area contributed by atoms with E-state index in [0.29, 0.717) is 0 Å². The SMILES string of the molecule is c1ccc(-c2nc(-c3ccc(-c4cccc(-c5nc6ccccc6c6c7c(ccc56)C5(c6ccccc6O7)c6ccccc6-c6ccccc65)c4)cc3)c3ccccc3n2)cc1. The molecule has 1 aliphatic heterocycles. The number of aromatic nitrogens is 3. The normalized spacial score (nSPS) is 13.1. The molecule has 11 aromatic rings. The van der Waals surface area contributed by atoms with Gasteiger partial charge in [0.05, 0.1) is 27.8 Å². The van der Waals surface area contributed by atoms with Crippen LogP contribution in [0.5, 0.6) is 11.5 Å². The van der Waals surface area contributed by atoms with Crippen molar-refractivity contribution in [2.75, 3.05) is 0 Å². The van der Waals surface area contributed by atoms with Gasteiger partial charge >= 0.3 is 0 Å². The van der Waals surface area contributed by atoms with Crippen molar-refractivity contribution in [2.24, 2.45) is 0 Å². The Balaban J connectivity index is 0.974. The van der Waals surface area contributed by atoms with Gasteiger partial charge in [-0.2, -0.15) is 0 Å². The van der Waals surface area contributed by atoms with Crippen molar-refractivity contribution in [3.05, 3.63) is 235 Å². The van der Waals surface area contributed by atoms with Gasteiger partial charge in [0, 0.05) is 49.4 Å². The van der Waals surface area contributed by atoms with Crippen molar-refractivity contribution in [1.82, 2.24) is 15.0 Å². The number of hydrogen-bond acceptors (Lipinski definition) is 4. The molecule has 2 aromatic heterocycles. The number of rotatable bonds is 4. The van der Waals surface area contributed by atoms with Gasteiger partial charge in [-0.1, -0.05) is 188 Å². The second-order valence-corrected chi connectivity index (χ2v) is 16.2. The van der Waals surface area contributed by atoms with Gasteiger partial charge in [-0.25, -0.2) is 15.0 Å². The van der Waals surface area contributed by atoms with E-state index in [1.165, 1.54) is 22.3 Å². The molecule has 0 N–H and O–H groups in total. The predicted octanol–water partition coefficient (Wildman–Crippen LogP) is 14.5. The van der Waals surface area contributed by atoms with E-state index in [1.807, 2.05) is 30.3 Å². The molecule has 0 unspecified atom stereocenters. The number of hydrogen-bond donors (Lipinski definition) is 0. The van der Waals surface area contributed by atoms with E-state index in [9.17, 15) is 0 Å². The van der Waals surface area contributed by atoms with Crippen LogP contribution in [0.2, 0.25) is 0 Å². The molecule has 13 rings (SSSR count). The number of ether oxygens (including phenoxy) is 1. The fraction of sp³-hybridized carbons (Fsp3) is 0.0172. The van der Waals surface area contributed by atoms with E-state index in [0.717, 1.165) is 100 Å². The van der Waals surface area contributed by atoms with Crippen LogP contribution in [0.4, 0.5) is 0 Å². The number of para-hydroxylation sites is 3. The molecule has 0 atom stereocenters. The minimum atomic E-state index is -0.552. The zero-order chi connectivity index (χ0) is 40.8. The van der Waals surface area contributed by atoms with Gasteiger partial charge in [-0.05, 0) is 57.6 Å². The van der Waals surface area contributed by atoms with Crippen LogP contribution in [0.25, 0.3) is 88.7 Å². The van der Waals surface area contributed by atoms with Crippen LogP contribution in [0, 0.1) is 0 Å². The summed E-state index contributed by atoms with van der Waals surface area (Å²) in [4.78, 5) is 15.4. The second-order valence-electron chi connectivity index (χ2n) is 16.2. The van der Waals surface area contributed by atoms with E-state index < -0.39 is 5.41 Å². The van der Waals surface area contributed by atoms with Crippen LogP contribution in [0.15, 0.2) is 212 Å². The third kappa shape index (κ3) is 4.98. The lowest BCUT2D eigenvalue weighted by atomic mass is 9.65. The third-order valence-electron chi connectivity index (χ3n) is 12.9. The van der Waals surface area contributed by atoms with Gasteiger partial charge in [-0.3, -0.25) is 0 Å². The van der Waals surface area contributed by atoms with E-state index in [1.54, 1.807) is 0 Å². The van der Waals surface area contributed by atoms with E-state index in [-0.39, 0.29) is 0 Å². The molecule has 4 nitrogen and oxygen atoms in total. The van der Waals surface area contributed by atoms with Crippen LogP contribution in [0.3, 0.4) is 0 Å². The quantitative estimate of drug-likeness (QED) is 0.167. The minimum absolute atomic E-state index is 0.552. The molecular formula is C58H35N3O. The number of fused-ring (bicyclic) bond motifs is 14. The van der Waals surface area contributed by atoms with Crippen molar-refractivity contribution in [1.29, 1.82) is 0 Å². The maximum absolute atomic E-state index is 7.17. The first-order valence-corrected chi connectivity index (χ1v) is 21.1. The topological polar surface area (TPSA) is 47.9 Å². The maximum Gasteiger partial charge on any atom is 0.160 e. The highest BCUT2D eigenvalue weighted by Crippen LogP contribution is 2.63. The van der Waals surface area contributed by atoms with Crippen molar-refractivity contribution in [2.45, 2.75) is 5.41 Å². The Morgan fingerprint density at radius 1 is 0.339 bits per heavy atom. The Morgan fingerprint density at radius 3 is 1.69 bits per heavy atom.